The summed E-state index contributed by atoms with van der Waals surface area (Å²) in [5.74, 6) is 0.397. The van der Waals surface area contributed by atoms with Crippen molar-refractivity contribution in [3.63, 3.8) is 0 Å². The second-order valence-electron chi connectivity index (χ2n) is 4.40. The van der Waals surface area contributed by atoms with Crippen LogP contribution in [0.5, 0.6) is 0 Å². The zero-order chi connectivity index (χ0) is 13.9. The van der Waals surface area contributed by atoms with Crippen molar-refractivity contribution >= 4 is 15.7 Å². The lowest BCUT2D eigenvalue weighted by atomic mass is 10.1. The van der Waals surface area contributed by atoms with Crippen LogP contribution < -0.4 is 5.32 Å². The number of rotatable bonds is 4. The van der Waals surface area contributed by atoms with Crippen molar-refractivity contribution in [2.75, 3.05) is 11.6 Å². The highest BCUT2D eigenvalue weighted by Crippen LogP contribution is 2.19. The summed E-state index contributed by atoms with van der Waals surface area (Å²) in [7, 11) is -3.27. The number of hydrogen-bond acceptors (Lipinski definition) is 4. The lowest BCUT2D eigenvalue weighted by Crippen LogP contribution is -2.08. The summed E-state index contributed by atoms with van der Waals surface area (Å²) in [5, 5.41) is 3.09. The van der Waals surface area contributed by atoms with E-state index in [1.807, 2.05) is 31.2 Å². The average Bonchev–Trinajstić information content (AvgIpc) is 2.37. The molecule has 1 heterocycles. The molecule has 0 aliphatic heterocycles. The minimum Gasteiger partial charge on any atom is -0.365 e. The molecule has 2 rings (SSSR count). The van der Waals surface area contributed by atoms with Crippen molar-refractivity contribution in [3.8, 4) is 0 Å². The fourth-order valence-corrected chi connectivity index (χ4v) is 2.61. The Bertz CT molecular complexity index is 681. The number of pyridine rings is 1. The van der Waals surface area contributed by atoms with Crippen LogP contribution in [0.15, 0.2) is 47.5 Å². The molecule has 0 fully saturated rings. The summed E-state index contributed by atoms with van der Waals surface area (Å²) in [6.07, 6.45) is 2.76. The second-order valence-corrected chi connectivity index (χ2v) is 6.39. The van der Waals surface area contributed by atoms with Gasteiger partial charge in [0.15, 0.2) is 9.84 Å². The molecule has 1 aromatic heterocycles. The molecular formula is C14H16N2O2S. The molecule has 100 valence electrons. The SMILES string of the molecule is Cc1ccccc1CNc1ncccc1S(C)(=O)=O. The molecule has 0 saturated carbocycles. The van der Waals surface area contributed by atoms with Crippen molar-refractivity contribution in [1.82, 2.24) is 4.98 Å². The first-order valence-corrected chi connectivity index (χ1v) is 7.81. The monoisotopic (exact) mass is 276 g/mol. The van der Waals surface area contributed by atoms with Crippen molar-refractivity contribution < 1.29 is 8.42 Å². The normalized spacial score (nSPS) is 11.3. The van der Waals surface area contributed by atoms with Crippen LogP contribution in [0.4, 0.5) is 5.82 Å². The number of nitrogens with one attached hydrogen (secondary N) is 1. The number of nitrogens with zero attached hydrogens (tertiary/aromatic N) is 1. The first-order chi connectivity index (χ1) is 8.98. The lowest BCUT2D eigenvalue weighted by Gasteiger charge is -2.11. The van der Waals surface area contributed by atoms with E-state index in [1.165, 1.54) is 6.26 Å². The number of anilines is 1. The Morgan fingerprint density at radius 2 is 1.89 bits per heavy atom. The first kappa shape index (κ1) is 13.5. The van der Waals surface area contributed by atoms with Gasteiger partial charge in [-0.05, 0) is 30.2 Å². The molecule has 1 N–H and O–H groups in total. The van der Waals surface area contributed by atoms with Crippen molar-refractivity contribution in [2.24, 2.45) is 0 Å². The van der Waals surface area contributed by atoms with Gasteiger partial charge >= 0.3 is 0 Å². The standard InChI is InChI=1S/C14H16N2O2S/c1-11-6-3-4-7-12(11)10-16-14-13(19(2,17)18)8-5-9-15-14/h3-9H,10H2,1-2H3,(H,15,16). The second kappa shape index (κ2) is 5.40. The van der Waals surface area contributed by atoms with E-state index in [-0.39, 0.29) is 4.90 Å². The van der Waals surface area contributed by atoms with Gasteiger partial charge in [-0.25, -0.2) is 13.4 Å². The van der Waals surface area contributed by atoms with Crippen LogP contribution in [-0.4, -0.2) is 19.7 Å². The summed E-state index contributed by atoms with van der Waals surface area (Å²) in [6, 6.07) is 11.1. The molecule has 0 unspecified atom stereocenters. The molecule has 0 amide bonds. The van der Waals surface area contributed by atoms with E-state index in [1.54, 1.807) is 18.3 Å². The number of benzene rings is 1. The van der Waals surface area contributed by atoms with Crippen molar-refractivity contribution in [2.45, 2.75) is 18.4 Å². The molecular weight excluding hydrogens is 260 g/mol. The Balaban J connectivity index is 2.24. The molecule has 0 aliphatic rings. The number of sulfone groups is 1. The first-order valence-electron chi connectivity index (χ1n) is 5.92. The maximum Gasteiger partial charge on any atom is 0.179 e. The third kappa shape index (κ3) is 3.32. The molecule has 19 heavy (non-hydrogen) atoms. The molecule has 0 spiro atoms. The van der Waals surface area contributed by atoms with Crippen molar-refractivity contribution in [1.29, 1.82) is 0 Å². The molecule has 4 nitrogen and oxygen atoms in total. The summed E-state index contributed by atoms with van der Waals surface area (Å²) in [6.45, 7) is 2.57. The Hall–Kier alpha value is -1.88. The van der Waals surface area contributed by atoms with Crippen LogP contribution in [0.1, 0.15) is 11.1 Å². The Morgan fingerprint density at radius 3 is 2.58 bits per heavy atom. The topological polar surface area (TPSA) is 59.1 Å². The van der Waals surface area contributed by atoms with Gasteiger partial charge in [-0.15, -0.1) is 0 Å². The van der Waals surface area contributed by atoms with Gasteiger partial charge in [0.1, 0.15) is 10.7 Å². The van der Waals surface area contributed by atoms with Crippen molar-refractivity contribution in [3.05, 3.63) is 53.7 Å². The predicted molar refractivity (Wildman–Crippen MR) is 75.9 cm³/mol. The van der Waals surface area contributed by atoms with E-state index in [2.05, 4.69) is 10.3 Å². The lowest BCUT2D eigenvalue weighted by molar-refractivity contribution is 0.601. The molecule has 5 heteroatoms. The van der Waals surface area contributed by atoms with Crippen LogP contribution in [0.2, 0.25) is 0 Å². The minimum absolute atomic E-state index is 0.226. The quantitative estimate of drug-likeness (QED) is 0.931. The Kier molecular flexibility index (Phi) is 3.85. The maximum atomic E-state index is 11.7. The Labute approximate surface area is 113 Å². The highest BCUT2D eigenvalue weighted by Gasteiger charge is 2.13. The largest absolute Gasteiger partial charge is 0.365 e. The van der Waals surface area contributed by atoms with Gasteiger partial charge in [-0.1, -0.05) is 24.3 Å². The number of aromatic nitrogens is 1. The van der Waals surface area contributed by atoms with Gasteiger partial charge < -0.3 is 5.32 Å². The van der Waals surface area contributed by atoms with Crippen LogP contribution in [-0.2, 0) is 16.4 Å². The average molecular weight is 276 g/mol. The predicted octanol–water partition coefficient (Wildman–Crippen LogP) is 2.41. The zero-order valence-electron chi connectivity index (χ0n) is 10.9. The van der Waals surface area contributed by atoms with Crippen LogP contribution in [0, 0.1) is 6.92 Å². The maximum absolute atomic E-state index is 11.7. The highest BCUT2D eigenvalue weighted by atomic mass is 32.2. The van der Waals surface area contributed by atoms with Crippen LogP contribution in [0.25, 0.3) is 0 Å². The van der Waals surface area contributed by atoms with Gasteiger partial charge in [0.2, 0.25) is 0 Å². The third-order valence-electron chi connectivity index (χ3n) is 2.88. The summed E-state index contributed by atoms with van der Waals surface area (Å²) in [5.41, 5.74) is 2.28. The van der Waals surface area contributed by atoms with E-state index in [0.717, 1.165) is 11.1 Å². The van der Waals surface area contributed by atoms with Gasteiger partial charge in [0.05, 0.1) is 0 Å². The fourth-order valence-electron chi connectivity index (χ4n) is 1.81. The van der Waals surface area contributed by atoms with E-state index < -0.39 is 9.84 Å². The summed E-state index contributed by atoms with van der Waals surface area (Å²) in [4.78, 5) is 4.33. The number of aryl methyl sites for hydroxylation is 1. The third-order valence-corrected chi connectivity index (χ3v) is 4.01. The van der Waals surface area contributed by atoms with Crippen LogP contribution in [0.3, 0.4) is 0 Å². The van der Waals surface area contributed by atoms with Gasteiger partial charge in [0, 0.05) is 19.0 Å². The fraction of sp³-hybridized carbons (Fsp3) is 0.214. The Morgan fingerprint density at radius 1 is 1.16 bits per heavy atom. The molecule has 0 atom stereocenters. The van der Waals surface area contributed by atoms with E-state index in [9.17, 15) is 8.42 Å². The van der Waals surface area contributed by atoms with Gasteiger partial charge in [-0.2, -0.15) is 0 Å². The summed E-state index contributed by atoms with van der Waals surface area (Å²) >= 11 is 0. The van der Waals surface area contributed by atoms with E-state index in [0.29, 0.717) is 12.4 Å². The smallest absolute Gasteiger partial charge is 0.179 e. The molecule has 0 bridgehead atoms. The van der Waals surface area contributed by atoms with E-state index in [4.69, 9.17) is 0 Å². The highest BCUT2D eigenvalue weighted by molar-refractivity contribution is 7.90. The number of hydrogen-bond donors (Lipinski definition) is 1. The molecule has 1 aromatic carbocycles. The minimum atomic E-state index is -3.27. The molecule has 0 aliphatic carbocycles. The molecule has 2 aromatic rings. The van der Waals surface area contributed by atoms with Gasteiger partial charge in [-0.3, -0.25) is 0 Å². The summed E-state index contributed by atoms with van der Waals surface area (Å²) < 4.78 is 23.3. The van der Waals surface area contributed by atoms with Gasteiger partial charge in [0.25, 0.3) is 0 Å². The zero-order valence-corrected chi connectivity index (χ0v) is 11.7. The van der Waals surface area contributed by atoms with E-state index >= 15 is 0 Å². The molecule has 0 saturated heterocycles. The molecule has 0 radical (unpaired) electrons. The van der Waals surface area contributed by atoms with Crippen LogP contribution >= 0.6 is 0 Å².